The molecule has 0 saturated heterocycles. The number of primary amides is 1. The number of hydrogen-bond donors (Lipinski definition) is 5. The number of aliphatic carboxylic acids is 1. The average molecular weight is 662 g/mol. The summed E-state index contributed by atoms with van der Waals surface area (Å²) in [4.78, 5) is 72.8. The fraction of sp³-hybridized carbons (Fsp3) is 0.167. The smallest absolute Gasteiger partial charge is 0.339 e. The van der Waals surface area contributed by atoms with E-state index >= 15 is 0 Å². The Balaban J connectivity index is 1.30. The Hall–Kier alpha value is -6.10. The number of aromatic amines is 1. The lowest BCUT2D eigenvalue weighted by Gasteiger charge is -2.15. The highest BCUT2D eigenvalue weighted by atomic mass is 32.2. The summed E-state index contributed by atoms with van der Waals surface area (Å²) in [5, 5.41) is 11.9. The third-order valence-electron chi connectivity index (χ3n) is 7.20. The number of nitrogens with two attached hydrogens (primary N) is 1. The second-order valence-corrected chi connectivity index (χ2v) is 12.0. The SMILES string of the molecule is COC(=O)c1ccccc1S(=O)(=O)NC(=O)CC(NC(=O)c1ccc2nc(Cc3nc4ccc(C(N)=O)cc4[nH]3)n(C)c2c1)C(=O)O. The van der Waals surface area contributed by atoms with Crippen LogP contribution < -0.4 is 15.8 Å². The number of imidazole rings is 2. The van der Waals surface area contributed by atoms with Crippen LogP contribution in [0.2, 0.25) is 0 Å². The van der Waals surface area contributed by atoms with E-state index in [1.165, 1.54) is 30.3 Å². The number of fused-ring (bicyclic) bond motifs is 2. The lowest BCUT2D eigenvalue weighted by Crippen LogP contribution is -2.45. The number of nitrogens with one attached hydrogen (secondary N) is 3. The molecule has 5 aromatic rings. The molecule has 0 aliphatic heterocycles. The van der Waals surface area contributed by atoms with Gasteiger partial charge in [0.1, 0.15) is 22.6 Å². The van der Waals surface area contributed by atoms with Crippen molar-refractivity contribution >= 4 is 61.8 Å². The Morgan fingerprint density at radius 3 is 2.40 bits per heavy atom. The van der Waals surface area contributed by atoms with Crippen LogP contribution in [0.1, 0.15) is 49.1 Å². The van der Waals surface area contributed by atoms with Gasteiger partial charge in [0.15, 0.2) is 0 Å². The highest BCUT2D eigenvalue weighted by molar-refractivity contribution is 7.90. The Morgan fingerprint density at radius 2 is 1.70 bits per heavy atom. The van der Waals surface area contributed by atoms with Crippen LogP contribution in [0.5, 0.6) is 0 Å². The predicted octanol–water partition coefficient (Wildman–Crippen LogP) is 1.00. The molecule has 2 heterocycles. The van der Waals surface area contributed by atoms with Crippen molar-refractivity contribution in [2.75, 3.05) is 7.11 Å². The summed E-state index contributed by atoms with van der Waals surface area (Å²) in [7, 11) is -1.82. The first-order valence-electron chi connectivity index (χ1n) is 13.8. The molecule has 2 aromatic heterocycles. The normalized spacial score (nSPS) is 12.0. The van der Waals surface area contributed by atoms with Gasteiger partial charge in [0, 0.05) is 18.2 Å². The molecule has 17 heteroatoms. The number of methoxy groups -OCH3 is 1. The van der Waals surface area contributed by atoms with E-state index < -0.39 is 57.0 Å². The zero-order valence-corrected chi connectivity index (χ0v) is 25.6. The van der Waals surface area contributed by atoms with Crippen LogP contribution in [-0.2, 0) is 37.8 Å². The summed E-state index contributed by atoms with van der Waals surface area (Å²) in [5.41, 5.74) is 7.75. The van der Waals surface area contributed by atoms with Crippen molar-refractivity contribution in [3.63, 3.8) is 0 Å². The molecule has 6 N–H and O–H groups in total. The van der Waals surface area contributed by atoms with Gasteiger partial charge in [-0.05, 0) is 48.5 Å². The minimum atomic E-state index is -4.60. The fourth-order valence-corrected chi connectivity index (χ4v) is 6.03. The van der Waals surface area contributed by atoms with Crippen LogP contribution in [-0.4, -0.2) is 75.9 Å². The molecule has 3 amide bonds. The highest BCUT2D eigenvalue weighted by Gasteiger charge is 2.29. The van der Waals surface area contributed by atoms with Gasteiger partial charge in [-0.3, -0.25) is 14.4 Å². The van der Waals surface area contributed by atoms with E-state index in [1.54, 1.807) is 40.6 Å². The maximum atomic E-state index is 13.1. The first kappa shape index (κ1) is 32.3. The van der Waals surface area contributed by atoms with Gasteiger partial charge < -0.3 is 30.4 Å². The molecule has 0 spiro atoms. The average Bonchev–Trinajstić information content (AvgIpc) is 3.58. The maximum Gasteiger partial charge on any atom is 0.339 e. The molecular weight excluding hydrogens is 634 g/mol. The Kier molecular flexibility index (Phi) is 8.74. The van der Waals surface area contributed by atoms with Gasteiger partial charge in [0.2, 0.25) is 11.8 Å². The molecule has 47 heavy (non-hydrogen) atoms. The van der Waals surface area contributed by atoms with Crippen LogP contribution in [0.25, 0.3) is 22.1 Å². The van der Waals surface area contributed by atoms with E-state index in [-0.39, 0.29) is 17.5 Å². The van der Waals surface area contributed by atoms with Crippen molar-refractivity contribution in [1.82, 2.24) is 29.6 Å². The molecule has 0 bridgehead atoms. The Bertz CT molecular complexity index is 2210. The monoisotopic (exact) mass is 661 g/mol. The van der Waals surface area contributed by atoms with E-state index in [1.807, 2.05) is 0 Å². The van der Waals surface area contributed by atoms with E-state index in [0.29, 0.717) is 39.3 Å². The van der Waals surface area contributed by atoms with Crippen LogP contribution >= 0.6 is 0 Å². The number of carboxylic acid groups (broad SMARTS) is 1. The van der Waals surface area contributed by atoms with Crippen LogP contribution in [0, 0.1) is 0 Å². The fourth-order valence-electron chi connectivity index (χ4n) is 4.84. The number of carbonyl (C=O) groups excluding carboxylic acids is 4. The molecule has 1 unspecified atom stereocenters. The number of carboxylic acids is 1. The lowest BCUT2D eigenvalue weighted by molar-refractivity contribution is -0.141. The zero-order valence-electron chi connectivity index (χ0n) is 24.8. The topological polar surface area (TPSA) is 246 Å². The number of amides is 3. The van der Waals surface area contributed by atoms with Crippen molar-refractivity contribution in [2.24, 2.45) is 12.8 Å². The van der Waals surface area contributed by atoms with Gasteiger partial charge in [-0.25, -0.2) is 32.7 Å². The standard InChI is InChI=1S/C30H27N7O9S/c1-37-22-12-16(8-10-19(22)34-25(37)14-24-32-18-9-7-15(27(31)39)11-20(18)33-24)28(40)35-21(29(41)42)13-26(38)36-47(44,45)23-6-4-3-5-17(23)30(43)46-2/h3-12,21H,13-14H2,1-2H3,(H2,31,39)(H,32,33)(H,35,40)(H,36,38)(H,41,42). The number of nitrogens with zero attached hydrogens (tertiary/aromatic N) is 3. The zero-order chi connectivity index (χ0) is 34.0. The van der Waals surface area contributed by atoms with Gasteiger partial charge in [0.05, 0.1) is 47.6 Å². The third kappa shape index (κ3) is 6.79. The number of aromatic nitrogens is 4. The second-order valence-electron chi connectivity index (χ2n) is 10.3. The van der Waals surface area contributed by atoms with Crippen LogP contribution in [0.4, 0.5) is 0 Å². The van der Waals surface area contributed by atoms with Gasteiger partial charge in [-0.2, -0.15) is 0 Å². The molecule has 0 radical (unpaired) electrons. The number of esters is 1. The molecular formula is C30H27N7O9S. The minimum Gasteiger partial charge on any atom is -0.480 e. The summed E-state index contributed by atoms with van der Waals surface area (Å²) >= 11 is 0. The molecule has 16 nitrogen and oxygen atoms in total. The van der Waals surface area contributed by atoms with E-state index in [9.17, 15) is 37.5 Å². The van der Waals surface area contributed by atoms with Crippen molar-refractivity contribution < 1.29 is 42.2 Å². The molecule has 3 aromatic carbocycles. The number of ether oxygens (including phenoxy) is 1. The van der Waals surface area contributed by atoms with Crippen molar-refractivity contribution in [1.29, 1.82) is 0 Å². The molecule has 0 aliphatic rings. The van der Waals surface area contributed by atoms with E-state index in [4.69, 9.17) is 5.73 Å². The Labute approximate surface area is 266 Å². The van der Waals surface area contributed by atoms with E-state index in [2.05, 4.69) is 25.0 Å². The minimum absolute atomic E-state index is 0.0565. The van der Waals surface area contributed by atoms with Crippen LogP contribution in [0.15, 0.2) is 65.6 Å². The quantitative estimate of drug-likeness (QED) is 0.125. The number of rotatable bonds is 11. The van der Waals surface area contributed by atoms with Crippen molar-refractivity contribution in [3.05, 3.63) is 89.0 Å². The molecule has 0 fully saturated rings. The summed E-state index contributed by atoms with van der Waals surface area (Å²) in [6.07, 6.45) is -0.659. The summed E-state index contributed by atoms with van der Waals surface area (Å²) in [5.74, 6) is -4.03. The number of aryl methyl sites for hydroxylation is 1. The molecule has 0 aliphatic carbocycles. The van der Waals surface area contributed by atoms with E-state index in [0.717, 1.165) is 13.2 Å². The molecule has 5 rings (SSSR count). The van der Waals surface area contributed by atoms with Gasteiger partial charge in [-0.15, -0.1) is 0 Å². The lowest BCUT2D eigenvalue weighted by atomic mass is 10.1. The molecule has 1 atom stereocenters. The summed E-state index contributed by atoms with van der Waals surface area (Å²) in [6.45, 7) is 0. The summed E-state index contributed by atoms with van der Waals surface area (Å²) < 4.78 is 33.7. The number of carbonyl (C=O) groups is 5. The number of H-pyrrole nitrogens is 1. The Morgan fingerprint density at radius 1 is 1.00 bits per heavy atom. The number of sulfonamides is 1. The van der Waals surface area contributed by atoms with Crippen LogP contribution in [0.3, 0.4) is 0 Å². The molecule has 0 saturated carbocycles. The van der Waals surface area contributed by atoms with Crippen molar-refractivity contribution in [2.45, 2.75) is 23.8 Å². The number of benzene rings is 3. The van der Waals surface area contributed by atoms with Gasteiger partial charge in [-0.1, -0.05) is 12.1 Å². The third-order valence-corrected chi connectivity index (χ3v) is 8.63. The second kappa shape index (κ2) is 12.7. The first-order chi connectivity index (χ1) is 22.3. The van der Waals surface area contributed by atoms with Gasteiger partial charge in [0.25, 0.3) is 15.9 Å². The maximum absolute atomic E-state index is 13.1. The molecule has 242 valence electrons. The highest BCUT2D eigenvalue weighted by Crippen LogP contribution is 2.21. The largest absolute Gasteiger partial charge is 0.480 e. The van der Waals surface area contributed by atoms with Crippen molar-refractivity contribution in [3.8, 4) is 0 Å². The number of hydrogen-bond acceptors (Lipinski definition) is 10. The first-order valence-corrected chi connectivity index (χ1v) is 15.3. The van der Waals surface area contributed by atoms with Gasteiger partial charge >= 0.3 is 11.9 Å². The summed E-state index contributed by atoms with van der Waals surface area (Å²) in [6, 6.07) is 12.5. The predicted molar refractivity (Wildman–Crippen MR) is 165 cm³/mol.